The molecule has 0 bridgehead atoms. The minimum Gasteiger partial charge on any atom is -0.353 e. The fourth-order valence-corrected chi connectivity index (χ4v) is 3.09. The number of benzene rings is 1. The van der Waals surface area contributed by atoms with Crippen LogP contribution in [0.3, 0.4) is 0 Å². The van der Waals surface area contributed by atoms with E-state index in [0.29, 0.717) is 10.4 Å². The van der Waals surface area contributed by atoms with E-state index in [1.807, 2.05) is 13.8 Å². The Morgan fingerprint density at radius 3 is 2.39 bits per heavy atom. The Bertz CT molecular complexity index is 837. The average molecular weight is 405 g/mol. The van der Waals surface area contributed by atoms with E-state index in [1.54, 1.807) is 30.5 Å². The lowest BCUT2D eigenvalue weighted by molar-refractivity contribution is -0.123. The third-order valence-corrected chi connectivity index (χ3v) is 4.99. The first-order valence-electron chi connectivity index (χ1n) is 8.96. The molecule has 0 saturated heterocycles. The van der Waals surface area contributed by atoms with Gasteiger partial charge in [0.15, 0.2) is 0 Å². The monoisotopic (exact) mass is 405 g/mol. The van der Waals surface area contributed by atoms with Crippen LogP contribution in [0.4, 0.5) is 4.39 Å². The van der Waals surface area contributed by atoms with Crippen LogP contribution < -0.4 is 16.0 Å². The van der Waals surface area contributed by atoms with Gasteiger partial charge in [-0.1, -0.05) is 26.0 Å². The van der Waals surface area contributed by atoms with Gasteiger partial charge in [-0.3, -0.25) is 14.4 Å². The van der Waals surface area contributed by atoms with Gasteiger partial charge in [0, 0.05) is 18.7 Å². The summed E-state index contributed by atoms with van der Waals surface area (Å²) in [4.78, 5) is 37.1. The van der Waals surface area contributed by atoms with E-state index in [1.165, 1.54) is 23.5 Å². The van der Waals surface area contributed by atoms with Crippen LogP contribution in [0.1, 0.15) is 39.4 Å². The average Bonchev–Trinajstić information content (AvgIpc) is 3.19. The van der Waals surface area contributed by atoms with Gasteiger partial charge in [-0.15, -0.1) is 11.3 Å². The number of amides is 3. The normalized spacial score (nSPS) is 11.8. The molecule has 0 aliphatic carbocycles. The minimum absolute atomic E-state index is 0.103. The van der Waals surface area contributed by atoms with Gasteiger partial charge < -0.3 is 16.0 Å². The van der Waals surface area contributed by atoms with E-state index in [2.05, 4.69) is 16.0 Å². The summed E-state index contributed by atoms with van der Waals surface area (Å²) in [5.41, 5.74) is 0.686. The molecule has 0 aliphatic heterocycles. The highest BCUT2D eigenvalue weighted by atomic mass is 32.1. The Kier molecular flexibility index (Phi) is 7.69. The lowest BCUT2D eigenvalue weighted by Crippen LogP contribution is -2.50. The molecule has 1 atom stereocenters. The second-order valence-corrected chi connectivity index (χ2v) is 7.63. The summed E-state index contributed by atoms with van der Waals surface area (Å²) < 4.78 is 13.5. The van der Waals surface area contributed by atoms with Crippen LogP contribution in [-0.2, 0) is 4.79 Å². The Morgan fingerprint density at radius 2 is 1.79 bits per heavy atom. The van der Waals surface area contributed by atoms with E-state index in [4.69, 9.17) is 0 Å². The van der Waals surface area contributed by atoms with E-state index in [-0.39, 0.29) is 36.4 Å². The molecule has 2 aromatic rings. The number of hydrogen-bond donors (Lipinski definition) is 3. The molecule has 3 amide bonds. The molecule has 1 aromatic carbocycles. The molecule has 1 unspecified atom stereocenters. The lowest BCUT2D eigenvalue weighted by Gasteiger charge is -2.21. The number of nitrogens with one attached hydrogen (secondary N) is 3. The number of carbonyl (C=O) groups is 3. The highest BCUT2D eigenvalue weighted by Gasteiger charge is 2.24. The molecule has 0 aliphatic rings. The van der Waals surface area contributed by atoms with E-state index in [0.717, 1.165) is 0 Å². The summed E-state index contributed by atoms with van der Waals surface area (Å²) in [5.74, 6) is -1.58. The standard InChI is InChI=1S/C20H24FN3O3S/c1-12(2)17(24-19(26)16-5-4-10-28-16)20(27)23-9-8-22-18(25)14-7-6-13(3)15(21)11-14/h4-7,10-12,17H,8-9H2,1-3H3,(H,22,25)(H,23,27)(H,24,26). The zero-order valence-corrected chi connectivity index (χ0v) is 16.9. The fourth-order valence-electron chi connectivity index (χ4n) is 2.46. The second kappa shape index (κ2) is 9.98. The van der Waals surface area contributed by atoms with Gasteiger partial charge in [0.25, 0.3) is 11.8 Å². The number of aryl methyl sites for hydroxylation is 1. The summed E-state index contributed by atoms with van der Waals surface area (Å²) in [6, 6.07) is 7.04. The molecule has 2 rings (SSSR count). The summed E-state index contributed by atoms with van der Waals surface area (Å²) in [7, 11) is 0. The van der Waals surface area contributed by atoms with Crippen molar-refractivity contribution in [3.05, 3.63) is 57.5 Å². The van der Waals surface area contributed by atoms with Crippen LogP contribution in [0.15, 0.2) is 35.7 Å². The molecule has 0 radical (unpaired) electrons. The zero-order valence-electron chi connectivity index (χ0n) is 16.0. The van der Waals surface area contributed by atoms with Crippen molar-refractivity contribution < 1.29 is 18.8 Å². The van der Waals surface area contributed by atoms with Gasteiger partial charge in [-0.25, -0.2) is 4.39 Å². The van der Waals surface area contributed by atoms with Crippen molar-refractivity contribution in [1.82, 2.24) is 16.0 Å². The maximum absolute atomic E-state index is 13.5. The largest absolute Gasteiger partial charge is 0.353 e. The number of hydrogen-bond acceptors (Lipinski definition) is 4. The van der Waals surface area contributed by atoms with Gasteiger partial charge >= 0.3 is 0 Å². The first kappa shape index (κ1) is 21.6. The smallest absolute Gasteiger partial charge is 0.262 e. The topological polar surface area (TPSA) is 87.3 Å². The molecule has 1 aromatic heterocycles. The summed E-state index contributed by atoms with van der Waals surface area (Å²) in [5, 5.41) is 9.86. The third-order valence-electron chi connectivity index (χ3n) is 4.12. The molecule has 28 heavy (non-hydrogen) atoms. The van der Waals surface area contributed by atoms with Gasteiger partial charge in [-0.2, -0.15) is 0 Å². The minimum atomic E-state index is -0.684. The van der Waals surface area contributed by atoms with Crippen LogP contribution in [-0.4, -0.2) is 36.9 Å². The van der Waals surface area contributed by atoms with E-state index in [9.17, 15) is 18.8 Å². The Hall–Kier alpha value is -2.74. The quantitative estimate of drug-likeness (QED) is 0.590. The SMILES string of the molecule is Cc1ccc(C(=O)NCCNC(=O)C(NC(=O)c2cccs2)C(C)C)cc1F. The maximum Gasteiger partial charge on any atom is 0.262 e. The van der Waals surface area contributed by atoms with Crippen molar-refractivity contribution in [3.8, 4) is 0 Å². The lowest BCUT2D eigenvalue weighted by atomic mass is 10.0. The molecule has 8 heteroatoms. The summed E-state index contributed by atoms with van der Waals surface area (Å²) in [6.45, 7) is 5.68. The summed E-state index contributed by atoms with van der Waals surface area (Å²) in [6.07, 6.45) is 0. The van der Waals surface area contributed by atoms with Crippen LogP contribution >= 0.6 is 11.3 Å². The number of rotatable bonds is 8. The molecule has 150 valence electrons. The predicted octanol–water partition coefficient (Wildman–Crippen LogP) is 2.50. The number of halogens is 1. The molecule has 0 fully saturated rings. The van der Waals surface area contributed by atoms with Gasteiger partial charge in [-0.05, 0) is 42.0 Å². The van der Waals surface area contributed by atoms with E-state index >= 15 is 0 Å². The molecule has 6 nitrogen and oxygen atoms in total. The Balaban J connectivity index is 1.81. The molecule has 0 spiro atoms. The zero-order chi connectivity index (χ0) is 20.7. The van der Waals surface area contributed by atoms with Crippen LogP contribution in [0, 0.1) is 18.7 Å². The first-order chi connectivity index (χ1) is 13.3. The van der Waals surface area contributed by atoms with Crippen molar-refractivity contribution >= 4 is 29.1 Å². The predicted molar refractivity (Wildman–Crippen MR) is 107 cm³/mol. The highest BCUT2D eigenvalue weighted by Crippen LogP contribution is 2.11. The van der Waals surface area contributed by atoms with E-state index < -0.39 is 17.8 Å². The third kappa shape index (κ3) is 5.88. The van der Waals surface area contributed by atoms with Crippen LogP contribution in [0.5, 0.6) is 0 Å². The first-order valence-corrected chi connectivity index (χ1v) is 9.84. The molecule has 1 heterocycles. The van der Waals surface area contributed by atoms with Crippen molar-refractivity contribution in [2.75, 3.05) is 13.1 Å². The number of carbonyl (C=O) groups excluding carboxylic acids is 3. The number of thiophene rings is 1. The summed E-state index contributed by atoms with van der Waals surface area (Å²) >= 11 is 1.30. The maximum atomic E-state index is 13.5. The Morgan fingerprint density at radius 1 is 1.07 bits per heavy atom. The van der Waals surface area contributed by atoms with Crippen molar-refractivity contribution in [2.45, 2.75) is 26.8 Å². The van der Waals surface area contributed by atoms with Crippen molar-refractivity contribution in [1.29, 1.82) is 0 Å². The van der Waals surface area contributed by atoms with Crippen molar-refractivity contribution in [2.24, 2.45) is 5.92 Å². The van der Waals surface area contributed by atoms with Crippen molar-refractivity contribution in [3.63, 3.8) is 0 Å². The molecular weight excluding hydrogens is 381 g/mol. The van der Waals surface area contributed by atoms with Gasteiger partial charge in [0.2, 0.25) is 5.91 Å². The highest BCUT2D eigenvalue weighted by molar-refractivity contribution is 7.12. The van der Waals surface area contributed by atoms with Crippen LogP contribution in [0.2, 0.25) is 0 Å². The fraction of sp³-hybridized carbons (Fsp3) is 0.350. The van der Waals surface area contributed by atoms with Gasteiger partial charge in [0.05, 0.1) is 4.88 Å². The molecule has 0 saturated carbocycles. The van der Waals surface area contributed by atoms with Gasteiger partial charge in [0.1, 0.15) is 11.9 Å². The van der Waals surface area contributed by atoms with Crippen LogP contribution in [0.25, 0.3) is 0 Å². The Labute approximate surface area is 167 Å². The second-order valence-electron chi connectivity index (χ2n) is 6.68. The molecular formula is C20H24FN3O3S. The molecule has 3 N–H and O–H groups in total.